The molecular formula is C12H8F7N3OS. The van der Waals surface area contributed by atoms with E-state index in [2.05, 4.69) is 10.1 Å². The molecule has 0 aliphatic heterocycles. The molecule has 0 N–H and O–H groups in total. The largest absolute Gasteiger partial charge is 0.453 e. The van der Waals surface area contributed by atoms with Crippen LogP contribution in [0.15, 0.2) is 23.4 Å². The van der Waals surface area contributed by atoms with Crippen molar-refractivity contribution < 1.29 is 34.9 Å². The maximum atomic E-state index is 13.9. The minimum Gasteiger partial charge on any atom is -0.254 e. The zero-order chi connectivity index (χ0) is 18.3. The molecule has 0 bridgehead atoms. The Hall–Kier alpha value is -1.98. The second-order valence-corrected chi connectivity index (χ2v) is 6.10. The van der Waals surface area contributed by atoms with Crippen LogP contribution >= 0.6 is 0 Å². The minimum atomic E-state index is -4.87. The average Bonchev–Trinajstić information content (AvgIpc) is 2.85. The Bertz CT molecular complexity index is 782. The van der Waals surface area contributed by atoms with Crippen molar-refractivity contribution in [2.45, 2.75) is 24.2 Å². The van der Waals surface area contributed by atoms with Gasteiger partial charge in [0.25, 0.3) is 5.82 Å². The molecule has 1 aromatic carbocycles. The van der Waals surface area contributed by atoms with Crippen molar-refractivity contribution >= 4 is 10.8 Å². The predicted octanol–water partition coefficient (Wildman–Crippen LogP) is 3.40. The SMILES string of the molecule is Cc1cc(F)c(-n2cnc(C(F)(F)F)n2)cc1[S@@](=O)CC(F)(F)F. The van der Waals surface area contributed by atoms with Gasteiger partial charge in [0.2, 0.25) is 0 Å². The van der Waals surface area contributed by atoms with Crippen LogP contribution in [0.2, 0.25) is 0 Å². The zero-order valence-electron chi connectivity index (χ0n) is 11.7. The summed E-state index contributed by atoms with van der Waals surface area (Å²) in [6.45, 7) is 1.24. The standard InChI is InChI=1S/C12H8F7N3OS/c1-6-2-7(13)8(3-9(6)24(23)4-11(14,15)16)22-5-20-10(21-22)12(17,18)19/h2-3,5H,4H2,1H3/t24-/m0/s1. The number of hydrogen-bond acceptors (Lipinski definition) is 3. The molecule has 0 aliphatic rings. The van der Waals surface area contributed by atoms with E-state index in [1.807, 2.05) is 0 Å². The highest BCUT2D eigenvalue weighted by Gasteiger charge is 2.36. The quantitative estimate of drug-likeness (QED) is 0.773. The summed E-state index contributed by atoms with van der Waals surface area (Å²) < 4.78 is 101. The van der Waals surface area contributed by atoms with Crippen molar-refractivity contribution in [1.82, 2.24) is 14.8 Å². The van der Waals surface area contributed by atoms with Gasteiger partial charge in [-0.25, -0.2) is 14.1 Å². The Balaban J connectivity index is 2.47. The van der Waals surface area contributed by atoms with E-state index >= 15 is 0 Å². The van der Waals surface area contributed by atoms with E-state index < -0.39 is 46.2 Å². The third-order valence-electron chi connectivity index (χ3n) is 2.78. The van der Waals surface area contributed by atoms with Gasteiger partial charge in [-0.1, -0.05) is 0 Å². The van der Waals surface area contributed by atoms with Crippen LogP contribution in [0, 0.1) is 12.7 Å². The van der Waals surface area contributed by atoms with Crippen LogP contribution in [0.5, 0.6) is 0 Å². The molecule has 2 rings (SSSR count). The summed E-state index contributed by atoms with van der Waals surface area (Å²) in [6.07, 6.45) is -9.02. The smallest absolute Gasteiger partial charge is 0.254 e. The fraction of sp³-hybridized carbons (Fsp3) is 0.333. The minimum absolute atomic E-state index is 0.0324. The molecule has 1 heterocycles. The van der Waals surface area contributed by atoms with Gasteiger partial charge in [0.1, 0.15) is 23.6 Å². The van der Waals surface area contributed by atoms with E-state index in [0.29, 0.717) is 11.0 Å². The van der Waals surface area contributed by atoms with Crippen LogP contribution in [0.3, 0.4) is 0 Å². The van der Waals surface area contributed by atoms with E-state index in [9.17, 15) is 34.9 Å². The van der Waals surface area contributed by atoms with Crippen LogP contribution in [0.1, 0.15) is 11.4 Å². The second-order valence-electron chi connectivity index (χ2n) is 4.68. The maximum Gasteiger partial charge on any atom is 0.453 e. The molecular weight excluding hydrogens is 367 g/mol. The predicted molar refractivity (Wildman–Crippen MR) is 68.4 cm³/mol. The number of aromatic nitrogens is 3. The average molecular weight is 375 g/mol. The van der Waals surface area contributed by atoms with Crippen molar-refractivity contribution in [2.75, 3.05) is 5.75 Å². The van der Waals surface area contributed by atoms with Gasteiger partial charge in [-0.2, -0.15) is 26.3 Å². The summed E-state index contributed by atoms with van der Waals surface area (Å²) in [5, 5.41) is 3.04. The van der Waals surface area contributed by atoms with Gasteiger partial charge in [-0.05, 0) is 24.6 Å². The van der Waals surface area contributed by atoms with Crippen molar-refractivity contribution in [3.05, 3.63) is 35.7 Å². The van der Waals surface area contributed by atoms with Crippen LogP contribution in [0.25, 0.3) is 5.69 Å². The number of rotatable bonds is 3. The van der Waals surface area contributed by atoms with E-state index in [1.165, 1.54) is 6.92 Å². The topological polar surface area (TPSA) is 47.8 Å². The molecule has 0 unspecified atom stereocenters. The lowest BCUT2D eigenvalue weighted by molar-refractivity contribution is -0.144. The first kappa shape index (κ1) is 18.4. The van der Waals surface area contributed by atoms with Gasteiger partial charge in [0, 0.05) is 4.90 Å². The summed E-state index contributed by atoms with van der Waals surface area (Å²) in [7, 11) is -2.54. The number of nitrogens with zero attached hydrogens (tertiary/aromatic N) is 3. The molecule has 0 saturated carbocycles. The highest BCUT2D eigenvalue weighted by Crippen LogP contribution is 2.28. The van der Waals surface area contributed by atoms with Crippen LogP contribution in [-0.2, 0) is 17.0 Å². The van der Waals surface area contributed by atoms with Crippen LogP contribution < -0.4 is 0 Å². The molecule has 24 heavy (non-hydrogen) atoms. The van der Waals surface area contributed by atoms with Gasteiger partial charge in [-0.3, -0.25) is 4.21 Å². The first-order valence-corrected chi connectivity index (χ1v) is 7.45. The Labute approximate surface area is 132 Å². The van der Waals surface area contributed by atoms with E-state index in [-0.39, 0.29) is 10.5 Å². The molecule has 0 aliphatic carbocycles. The van der Waals surface area contributed by atoms with E-state index in [0.717, 1.165) is 12.1 Å². The van der Waals surface area contributed by atoms with Crippen molar-refractivity contribution in [1.29, 1.82) is 0 Å². The number of hydrogen-bond donors (Lipinski definition) is 0. The highest BCUT2D eigenvalue weighted by atomic mass is 32.2. The lowest BCUT2D eigenvalue weighted by Crippen LogP contribution is -2.19. The Kier molecular flexibility index (Phi) is 4.70. The number of alkyl halides is 6. The van der Waals surface area contributed by atoms with Crippen molar-refractivity contribution in [3.63, 3.8) is 0 Å². The summed E-state index contributed by atoms with van der Waals surface area (Å²) in [4.78, 5) is 2.61. The van der Waals surface area contributed by atoms with Crippen LogP contribution in [0.4, 0.5) is 30.7 Å². The molecule has 12 heteroatoms. The summed E-state index contributed by atoms with van der Waals surface area (Å²) >= 11 is 0. The normalized spacial score (nSPS) is 14.0. The summed E-state index contributed by atoms with van der Waals surface area (Å²) in [6, 6.07) is 1.54. The third kappa shape index (κ3) is 4.10. The van der Waals surface area contributed by atoms with Gasteiger partial charge >= 0.3 is 12.4 Å². The monoisotopic (exact) mass is 375 g/mol. The van der Waals surface area contributed by atoms with Crippen LogP contribution in [-0.4, -0.2) is 30.9 Å². The van der Waals surface area contributed by atoms with Crippen molar-refractivity contribution in [2.24, 2.45) is 0 Å². The molecule has 0 radical (unpaired) electrons. The lowest BCUT2D eigenvalue weighted by Gasteiger charge is -2.11. The molecule has 0 spiro atoms. The van der Waals surface area contributed by atoms with Crippen molar-refractivity contribution in [3.8, 4) is 5.69 Å². The highest BCUT2D eigenvalue weighted by molar-refractivity contribution is 7.85. The Morgan fingerprint density at radius 1 is 1.17 bits per heavy atom. The fourth-order valence-corrected chi connectivity index (χ4v) is 2.91. The summed E-state index contributed by atoms with van der Waals surface area (Å²) in [5.41, 5.74) is -0.621. The molecule has 0 saturated heterocycles. The van der Waals surface area contributed by atoms with Gasteiger partial charge in [-0.15, -0.1) is 5.10 Å². The molecule has 0 fully saturated rings. The van der Waals surface area contributed by atoms with Gasteiger partial charge in [0.05, 0.1) is 10.8 Å². The second kappa shape index (κ2) is 6.15. The Morgan fingerprint density at radius 3 is 2.29 bits per heavy atom. The first-order chi connectivity index (χ1) is 10.9. The molecule has 4 nitrogen and oxygen atoms in total. The fourth-order valence-electron chi connectivity index (χ4n) is 1.80. The molecule has 0 amide bonds. The van der Waals surface area contributed by atoms with Gasteiger partial charge < -0.3 is 0 Å². The number of benzene rings is 1. The Morgan fingerprint density at radius 2 is 1.79 bits per heavy atom. The molecule has 1 atom stereocenters. The molecule has 2 aromatic rings. The zero-order valence-corrected chi connectivity index (χ0v) is 12.6. The van der Waals surface area contributed by atoms with Gasteiger partial charge in [0.15, 0.2) is 0 Å². The molecule has 132 valence electrons. The number of halogens is 7. The lowest BCUT2D eigenvalue weighted by atomic mass is 10.2. The maximum absolute atomic E-state index is 13.9. The van der Waals surface area contributed by atoms with E-state index in [4.69, 9.17) is 0 Å². The molecule has 1 aromatic heterocycles. The van der Waals surface area contributed by atoms with E-state index in [1.54, 1.807) is 0 Å². The summed E-state index contributed by atoms with van der Waals surface area (Å²) in [5.74, 6) is -4.25. The first-order valence-electron chi connectivity index (χ1n) is 6.13. The third-order valence-corrected chi connectivity index (χ3v) is 4.30. The number of aryl methyl sites for hydroxylation is 1.